The molecule has 2 aromatic rings. The molecule has 0 fully saturated rings. The highest BCUT2D eigenvalue weighted by atomic mass is 79.9. The summed E-state index contributed by atoms with van der Waals surface area (Å²) in [6.07, 6.45) is 0.0724. The first-order valence-electron chi connectivity index (χ1n) is 6.83. The Morgan fingerprint density at radius 2 is 1.67 bits per heavy atom. The Bertz CT molecular complexity index is 593. The van der Waals surface area contributed by atoms with E-state index in [1.54, 1.807) is 0 Å². The van der Waals surface area contributed by atoms with Crippen molar-refractivity contribution in [2.75, 3.05) is 0 Å². The average Bonchev–Trinajstić information content (AvgIpc) is 2.46. The van der Waals surface area contributed by atoms with Gasteiger partial charge in [0.25, 0.3) is 0 Å². The highest BCUT2D eigenvalue weighted by molar-refractivity contribution is 9.10. The van der Waals surface area contributed by atoms with Crippen molar-refractivity contribution in [3.05, 3.63) is 69.7 Å². The Labute approximate surface area is 133 Å². The van der Waals surface area contributed by atoms with E-state index in [4.69, 9.17) is 5.11 Å². The van der Waals surface area contributed by atoms with Gasteiger partial charge in [-0.15, -0.1) is 0 Å². The molecule has 0 saturated carbocycles. The topological polar surface area (TPSA) is 49.3 Å². The molecular formula is C17H18BrNO2. The zero-order valence-corrected chi connectivity index (χ0v) is 13.4. The number of nitrogens with one attached hydrogen (secondary N) is 1. The van der Waals surface area contributed by atoms with Crippen LogP contribution in [0.1, 0.15) is 29.7 Å². The molecule has 0 saturated heterocycles. The zero-order chi connectivity index (χ0) is 15.2. The second-order valence-corrected chi connectivity index (χ2v) is 5.96. The molecule has 1 atom stereocenters. The van der Waals surface area contributed by atoms with E-state index >= 15 is 0 Å². The first-order chi connectivity index (χ1) is 10.0. The Morgan fingerprint density at radius 3 is 2.24 bits per heavy atom. The number of carboxylic acid groups (broad SMARTS) is 1. The fourth-order valence-electron chi connectivity index (χ4n) is 2.09. The molecule has 21 heavy (non-hydrogen) atoms. The predicted molar refractivity (Wildman–Crippen MR) is 87.2 cm³/mol. The lowest BCUT2D eigenvalue weighted by Gasteiger charge is -2.14. The molecule has 0 spiro atoms. The van der Waals surface area contributed by atoms with Crippen molar-refractivity contribution < 1.29 is 9.90 Å². The van der Waals surface area contributed by atoms with Gasteiger partial charge in [0.05, 0.1) is 6.42 Å². The molecule has 4 heteroatoms. The standard InChI is InChI=1S/C17H18BrNO2/c1-12(15-6-8-16(18)9-7-15)19-11-14-4-2-13(3-5-14)10-17(20)21/h2-9,12,19H,10-11H2,1H3,(H,20,21). The first kappa shape index (κ1) is 15.7. The molecule has 0 radical (unpaired) electrons. The maximum atomic E-state index is 10.6. The Hall–Kier alpha value is -1.65. The maximum Gasteiger partial charge on any atom is 0.307 e. The Morgan fingerprint density at radius 1 is 1.10 bits per heavy atom. The van der Waals surface area contributed by atoms with Crippen LogP contribution in [0.3, 0.4) is 0 Å². The largest absolute Gasteiger partial charge is 0.481 e. The van der Waals surface area contributed by atoms with Gasteiger partial charge in [-0.25, -0.2) is 0 Å². The monoisotopic (exact) mass is 347 g/mol. The van der Waals surface area contributed by atoms with Crippen LogP contribution in [0.25, 0.3) is 0 Å². The lowest BCUT2D eigenvalue weighted by Crippen LogP contribution is -2.18. The van der Waals surface area contributed by atoms with Gasteiger partial charge in [-0.3, -0.25) is 4.79 Å². The molecule has 0 aliphatic rings. The molecule has 0 heterocycles. The Balaban J connectivity index is 1.90. The SMILES string of the molecule is CC(NCc1ccc(CC(=O)O)cc1)c1ccc(Br)cc1. The first-order valence-corrected chi connectivity index (χ1v) is 7.62. The normalized spacial score (nSPS) is 12.1. The van der Waals surface area contributed by atoms with Crippen molar-refractivity contribution in [1.29, 1.82) is 0 Å². The highest BCUT2D eigenvalue weighted by Gasteiger charge is 2.05. The van der Waals surface area contributed by atoms with E-state index in [-0.39, 0.29) is 12.5 Å². The smallest absolute Gasteiger partial charge is 0.307 e. The molecule has 0 aromatic heterocycles. The van der Waals surface area contributed by atoms with E-state index in [1.807, 2.05) is 36.4 Å². The summed E-state index contributed by atoms with van der Waals surface area (Å²) in [7, 11) is 0. The van der Waals surface area contributed by atoms with Gasteiger partial charge in [0.15, 0.2) is 0 Å². The van der Waals surface area contributed by atoms with E-state index in [0.717, 1.165) is 22.1 Å². The molecule has 0 amide bonds. The van der Waals surface area contributed by atoms with Crippen LogP contribution in [0.5, 0.6) is 0 Å². The van der Waals surface area contributed by atoms with Crippen LogP contribution in [0, 0.1) is 0 Å². The van der Waals surface area contributed by atoms with Gasteiger partial charge in [-0.1, -0.05) is 52.3 Å². The molecule has 3 nitrogen and oxygen atoms in total. The van der Waals surface area contributed by atoms with Gasteiger partial charge in [0, 0.05) is 17.1 Å². The third-order valence-corrected chi connectivity index (χ3v) is 3.89. The summed E-state index contributed by atoms with van der Waals surface area (Å²) in [6.45, 7) is 2.88. The van der Waals surface area contributed by atoms with Crippen LogP contribution < -0.4 is 5.32 Å². The molecule has 2 aromatic carbocycles. The minimum atomic E-state index is -0.801. The van der Waals surface area contributed by atoms with Crippen molar-refractivity contribution >= 4 is 21.9 Å². The lowest BCUT2D eigenvalue weighted by molar-refractivity contribution is -0.136. The van der Waals surface area contributed by atoms with Crippen molar-refractivity contribution in [3.8, 4) is 0 Å². The molecule has 1 unspecified atom stereocenters. The second-order valence-electron chi connectivity index (χ2n) is 5.04. The van der Waals surface area contributed by atoms with Crippen molar-refractivity contribution in [2.45, 2.75) is 25.9 Å². The van der Waals surface area contributed by atoms with Crippen LogP contribution in [0.15, 0.2) is 53.0 Å². The van der Waals surface area contributed by atoms with Crippen molar-refractivity contribution in [2.24, 2.45) is 0 Å². The predicted octanol–water partition coefficient (Wildman–Crippen LogP) is 3.93. The number of aliphatic carboxylic acids is 1. The molecule has 0 aliphatic carbocycles. The van der Waals surface area contributed by atoms with Gasteiger partial charge in [0.1, 0.15) is 0 Å². The highest BCUT2D eigenvalue weighted by Crippen LogP contribution is 2.17. The van der Waals surface area contributed by atoms with Crippen LogP contribution >= 0.6 is 15.9 Å². The summed E-state index contributed by atoms with van der Waals surface area (Å²) >= 11 is 3.43. The second kappa shape index (κ2) is 7.38. The average molecular weight is 348 g/mol. The molecule has 0 bridgehead atoms. The summed E-state index contributed by atoms with van der Waals surface area (Å²) in [5.41, 5.74) is 3.21. The van der Waals surface area contributed by atoms with Gasteiger partial charge in [-0.05, 0) is 35.7 Å². The van der Waals surface area contributed by atoms with Crippen LogP contribution in [-0.2, 0) is 17.8 Å². The minimum absolute atomic E-state index is 0.0724. The minimum Gasteiger partial charge on any atom is -0.481 e. The number of halogens is 1. The number of carbonyl (C=O) groups is 1. The van der Waals surface area contributed by atoms with E-state index in [1.165, 1.54) is 5.56 Å². The quantitative estimate of drug-likeness (QED) is 0.832. The molecule has 110 valence electrons. The molecule has 2 N–H and O–H groups in total. The summed E-state index contributed by atoms with van der Waals surface area (Å²) < 4.78 is 1.08. The molecular weight excluding hydrogens is 330 g/mol. The zero-order valence-electron chi connectivity index (χ0n) is 11.8. The number of carboxylic acids is 1. The summed E-state index contributed by atoms with van der Waals surface area (Å²) in [4.78, 5) is 10.6. The third kappa shape index (κ3) is 4.99. The lowest BCUT2D eigenvalue weighted by atomic mass is 10.1. The molecule has 0 aliphatic heterocycles. The summed E-state index contributed by atoms with van der Waals surface area (Å²) in [5, 5.41) is 12.2. The van der Waals surface area contributed by atoms with Crippen LogP contribution in [0.2, 0.25) is 0 Å². The van der Waals surface area contributed by atoms with E-state index in [2.05, 4.69) is 40.3 Å². The summed E-state index contributed by atoms with van der Waals surface area (Å²) in [6, 6.07) is 16.2. The van der Waals surface area contributed by atoms with Gasteiger partial charge in [-0.2, -0.15) is 0 Å². The number of rotatable bonds is 6. The third-order valence-electron chi connectivity index (χ3n) is 3.36. The number of hydrogen-bond acceptors (Lipinski definition) is 2. The van der Waals surface area contributed by atoms with Crippen molar-refractivity contribution in [3.63, 3.8) is 0 Å². The van der Waals surface area contributed by atoms with Crippen LogP contribution in [-0.4, -0.2) is 11.1 Å². The summed E-state index contributed by atoms with van der Waals surface area (Å²) in [5.74, 6) is -0.801. The van der Waals surface area contributed by atoms with E-state index in [9.17, 15) is 4.79 Å². The number of benzene rings is 2. The number of hydrogen-bond donors (Lipinski definition) is 2. The fraction of sp³-hybridized carbons (Fsp3) is 0.235. The van der Waals surface area contributed by atoms with Crippen LogP contribution in [0.4, 0.5) is 0 Å². The van der Waals surface area contributed by atoms with E-state index in [0.29, 0.717) is 0 Å². The van der Waals surface area contributed by atoms with Gasteiger partial charge < -0.3 is 10.4 Å². The maximum absolute atomic E-state index is 10.6. The molecule has 2 rings (SSSR count). The van der Waals surface area contributed by atoms with Gasteiger partial charge in [0.2, 0.25) is 0 Å². The Kier molecular flexibility index (Phi) is 5.53. The fourth-order valence-corrected chi connectivity index (χ4v) is 2.35. The van der Waals surface area contributed by atoms with E-state index < -0.39 is 5.97 Å². The van der Waals surface area contributed by atoms with Gasteiger partial charge >= 0.3 is 5.97 Å². The van der Waals surface area contributed by atoms with Crippen molar-refractivity contribution in [1.82, 2.24) is 5.32 Å².